The van der Waals surface area contributed by atoms with E-state index in [1.807, 2.05) is 12.1 Å². The summed E-state index contributed by atoms with van der Waals surface area (Å²) in [6.07, 6.45) is 4.83. The standard InChI is InChI=1S/C19H22FIN4O/c1-13-18-7-6-17(26-16-4-2-15(21)3-5-16)12-24(18)8-9-25(13)19-22-10-14(20)11-23-19/h2-5,10-11,13,17-18H,6-9,12H2,1H3/t13?,17-,18-/m0/s1. The van der Waals surface area contributed by atoms with E-state index in [1.165, 1.54) is 16.0 Å². The molecule has 5 nitrogen and oxygen atoms in total. The van der Waals surface area contributed by atoms with E-state index in [4.69, 9.17) is 4.74 Å². The summed E-state index contributed by atoms with van der Waals surface area (Å²) >= 11 is 2.30. The number of hydrogen-bond acceptors (Lipinski definition) is 5. The number of piperazine rings is 1. The lowest BCUT2D eigenvalue weighted by molar-refractivity contribution is 0.0286. The van der Waals surface area contributed by atoms with Crippen molar-refractivity contribution < 1.29 is 9.13 Å². The van der Waals surface area contributed by atoms with Gasteiger partial charge in [0.25, 0.3) is 0 Å². The molecule has 0 radical (unpaired) electrons. The second kappa shape index (κ2) is 7.64. The van der Waals surface area contributed by atoms with Crippen LogP contribution in [0.2, 0.25) is 0 Å². The molecule has 4 rings (SSSR count). The summed E-state index contributed by atoms with van der Waals surface area (Å²) in [4.78, 5) is 13.0. The van der Waals surface area contributed by atoms with Gasteiger partial charge in [0, 0.05) is 35.3 Å². The smallest absolute Gasteiger partial charge is 0.225 e. The largest absolute Gasteiger partial charge is 0.489 e. The van der Waals surface area contributed by atoms with Crippen LogP contribution in [0, 0.1) is 9.39 Å². The molecule has 0 saturated carbocycles. The Bertz CT molecular complexity index is 742. The average molecular weight is 468 g/mol. The number of ether oxygens (including phenoxy) is 1. The lowest BCUT2D eigenvalue weighted by Gasteiger charge is -2.50. The van der Waals surface area contributed by atoms with Gasteiger partial charge in [-0.2, -0.15) is 0 Å². The Morgan fingerprint density at radius 3 is 2.58 bits per heavy atom. The maximum absolute atomic E-state index is 13.1. The summed E-state index contributed by atoms with van der Waals surface area (Å²) in [6, 6.07) is 8.99. The average Bonchev–Trinajstić information content (AvgIpc) is 2.65. The highest BCUT2D eigenvalue weighted by atomic mass is 127. The molecule has 1 aromatic heterocycles. The number of anilines is 1. The highest BCUT2D eigenvalue weighted by molar-refractivity contribution is 14.1. The zero-order valence-corrected chi connectivity index (χ0v) is 16.8. The van der Waals surface area contributed by atoms with Gasteiger partial charge in [0.15, 0.2) is 5.82 Å². The van der Waals surface area contributed by atoms with Crippen LogP contribution in [0.1, 0.15) is 19.8 Å². The molecule has 2 saturated heterocycles. The molecule has 0 N–H and O–H groups in total. The molecule has 138 valence electrons. The van der Waals surface area contributed by atoms with Crippen LogP contribution in [-0.4, -0.2) is 52.7 Å². The molecule has 0 amide bonds. The van der Waals surface area contributed by atoms with Crippen molar-refractivity contribution in [3.63, 3.8) is 0 Å². The first-order valence-electron chi connectivity index (χ1n) is 9.00. The van der Waals surface area contributed by atoms with Gasteiger partial charge < -0.3 is 9.64 Å². The lowest BCUT2D eigenvalue weighted by atomic mass is 9.92. The fourth-order valence-electron chi connectivity index (χ4n) is 4.02. The minimum Gasteiger partial charge on any atom is -0.489 e. The van der Waals surface area contributed by atoms with Crippen molar-refractivity contribution in [3.05, 3.63) is 46.0 Å². The molecule has 2 aliphatic heterocycles. The van der Waals surface area contributed by atoms with E-state index in [9.17, 15) is 4.39 Å². The van der Waals surface area contributed by atoms with Gasteiger partial charge in [-0.15, -0.1) is 0 Å². The Hall–Kier alpha value is -1.48. The Balaban J connectivity index is 1.40. The van der Waals surface area contributed by atoms with E-state index in [0.717, 1.165) is 38.2 Å². The number of hydrogen-bond donors (Lipinski definition) is 0. The van der Waals surface area contributed by atoms with E-state index in [0.29, 0.717) is 18.0 Å². The van der Waals surface area contributed by atoms with Gasteiger partial charge in [0.1, 0.15) is 11.9 Å². The molecule has 7 heteroatoms. The minimum absolute atomic E-state index is 0.229. The van der Waals surface area contributed by atoms with Gasteiger partial charge in [-0.05, 0) is 66.6 Å². The van der Waals surface area contributed by atoms with Crippen molar-refractivity contribution in [2.45, 2.75) is 38.0 Å². The summed E-state index contributed by atoms with van der Waals surface area (Å²) in [5.74, 6) is 1.17. The van der Waals surface area contributed by atoms with Crippen LogP contribution in [0.15, 0.2) is 36.7 Å². The van der Waals surface area contributed by atoms with Gasteiger partial charge in [0.05, 0.1) is 12.4 Å². The van der Waals surface area contributed by atoms with Crippen molar-refractivity contribution in [2.24, 2.45) is 0 Å². The van der Waals surface area contributed by atoms with Crippen LogP contribution in [0.5, 0.6) is 5.75 Å². The summed E-state index contributed by atoms with van der Waals surface area (Å²) in [5.41, 5.74) is 0. The molecule has 0 bridgehead atoms. The number of piperidine rings is 1. The predicted molar refractivity (Wildman–Crippen MR) is 107 cm³/mol. The Kier molecular flexibility index (Phi) is 5.26. The number of fused-ring (bicyclic) bond motifs is 1. The van der Waals surface area contributed by atoms with Crippen LogP contribution in [-0.2, 0) is 0 Å². The zero-order chi connectivity index (χ0) is 18.1. The van der Waals surface area contributed by atoms with Gasteiger partial charge in [-0.3, -0.25) is 4.90 Å². The highest BCUT2D eigenvalue weighted by Crippen LogP contribution is 2.30. The lowest BCUT2D eigenvalue weighted by Crippen LogP contribution is -2.62. The molecule has 1 aromatic carbocycles. The predicted octanol–water partition coefficient (Wildman–Crippen LogP) is 3.34. The van der Waals surface area contributed by atoms with Crippen LogP contribution in [0.25, 0.3) is 0 Å². The Morgan fingerprint density at radius 2 is 1.85 bits per heavy atom. The molecule has 1 unspecified atom stereocenters. The van der Waals surface area contributed by atoms with Crippen LogP contribution < -0.4 is 9.64 Å². The number of aromatic nitrogens is 2. The van der Waals surface area contributed by atoms with Crippen molar-refractivity contribution in [3.8, 4) is 5.75 Å². The summed E-state index contributed by atoms with van der Waals surface area (Å²) < 4.78 is 20.5. The van der Waals surface area contributed by atoms with Crippen molar-refractivity contribution in [2.75, 3.05) is 24.5 Å². The molecule has 2 fully saturated rings. The number of nitrogens with zero attached hydrogens (tertiary/aromatic N) is 4. The first kappa shape index (κ1) is 17.9. The normalized spacial score (nSPS) is 26.4. The van der Waals surface area contributed by atoms with Gasteiger partial charge in [-0.25, -0.2) is 14.4 Å². The van der Waals surface area contributed by atoms with Crippen LogP contribution >= 0.6 is 22.6 Å². The molecule has 3 atom stereocenters. The third kappa shape index (κ3) is 3.78. The quantitative estimate of drug-likeness (QED) is 0.647. The molecule has 26 heavy (non-hydrogen) atoms. The highest BCUT2D eigenvalue weighted by Gasteiger charge is 2.39. The van der Waals surface area contributed by atoms with Gasteiger partial charge in [-0.1, -0.05) is 0 Å². The van der Waals surface area contributed by atoms with E-state index in [1.54, 1.807) is 0 Å². The monoisotopic (exact) mass is 468 g/mol. The molecule has 3 heterocycles. The van der Waals surface area contributed by atoms with E-state index in [-0.39, 0.29) is 6.10 Å². The Morgan fingerprint density at radius 1 is 1.12 bits per heavy atom. The third-order valence-electron chi connectivity index (χ3n) is 5.35. The first-order valence-corrected chi connectivity index (χ1v) is 10.1. The second-order valence-corrected chi connectivity index (χ2v) is 8.21. The second-order valence-electron chi connectivity index (χ2n) is 6.97. The number of halogens is 2. The van der Waals surface area contributed by atoms with E-state index in [2.05, 4.69) is 61.4 Å². The summed E-state index contributed by atoms with van der Waals surface area (Å²) in [5, 5.41) is 0. The molecular weight excluding hydrogens is 446 g/mol. The number of benzene rings is 1. The molecule has 0 aliphatic carbocycles. The fraction of sp³-hybridized carbons (Fsp3) is 0.474. The maximum atomic E-state index is 13.1. The van der Waals surface area contributed by atoms with Crippen molar-refractivity contribution in [1.29, 1.82) is 0 Å². The Labute approximate surface area is 166 Å². The first-order chi connectivity index (χ1) is 12.6. The molecule has 0 spiro atoms. The summed E-state index contributed by atoms with van der Waals surface area (Å²) in [7, 11) is 0. The van der Waals surface area contributed by atoms with Gasteiger partial charge in [0.2, 0.25) is 5.95 Å². The molecule has 2 aromatic rings. The fourth-order valence-corrected chi connectivity index (χ4v) is 4.38. The number of rotatable bonds is 3. The van der Waals surface area contributed by atoms with Crippen molar-refractivity contribution in [1.82, 2.24) is 14.9 Å². The van der Waals surface area contributed by atoms with E-state index < -0.39 is 5.82 Å². The molecular formula is C19H22FIN4O. The zero-order valence-electron chi connectivity index (χ0n) is 14.7. The van der Waals surface area contributed by atoms with Crippen LogP contribution in [0.4, 0.5) is 10.3 Å². The summed E-state index contributed by atoms with van der Waals surface area (Å²) in [6.45, 7) is 4.95. The maximum Gasteiger partial charge on any atom is 0.225 e. The topological polar surface area (TPSA) is 41.5 Å². The van der Waals surface area contributed by atoms with Crippen LogP contribution in [0.3, 0.4) is 0 Å². The molecule has 2 aliphatic rings. The van der Waals surface area contributed by atoms with E-state index >= 15 is 0 Å². The SMILES string of the molecule is CC1[C@@H]2CC[C@H](Oc3ccc(I)cc3)CN2CCN1c1ncc(F)cn1. The van der Waals surface area contributed by atoms with Gasteiger partial charge >= 0.3 is 0 Å². The third-order valence-corrected chi connectivity index (χ3v) is 6.07. The van der Waals surface area contributed by atoms with Crippen molar-refractivity contribution >= 4 is 28.5 Å². The minimum atomic E-state index is -0.395.